The van der Waals surface area contributed by atoms with Crippen LogP contribution in [0.2, 0.25) is 0 Å². The predicted molar refractivity (Wildman–Crippen MR) is 76.4 cm³/mol. The zero-order chi connectivity index (χ0) is 14.0. The van der Waals surface area contributed by atoms with Crippen molar-refractivity contribution in [2.45, 2.75) is 11.8 Å². The van der Waals surface area contributed by atoms with Gasteiger partial charge in [0, 0.05) is 26.2 Å². The van der Waals surface area contributed by atoms with Gasteiger partial charge in [-0.25, -0.2) is 17.2 Å². The summed E-state index contributed by atoms with van der Waals surface area (Å²) >= 11 is 0. The van der Waals surface area contributed by atoms with Gasteiger partial charge in [-0.3, -0.25) is 0 Å². The standard InChI is InChI=1S/C12H16F2N2O2S.ClH/c1-2-19(17,18)10-4-3-9(11(13)12(10)14)16-7-5-15-6-8-16;/h3-4,15H,2,5-8H2,1H3;1H. The van der Waals surface area contributed by atoms with Crippen LogP contribution in [-0.4, -0.2) is 40.3 Å². The highest BCUT2D eigenvalue weighted by molar-refractivity contribution is 7.91. The van der Waals surface area contributed by atoms with Gasteiger partial charge in [-0.15, -0.1) is 12.4 Å². The Morgan fingerprint density at radius 2 is 1.80 bits per heavy atom. The summed E-state index contributed by atoms with van der Waals surface area (Å²) in [5, 5.41) is 3.11. The van der Waals surface area contributed by atoms with Gasteiger partial charge in [-0.1, -0.05) is 6.92 Å². The first-order valence-electron chi connectivity index (χ1n) is 6.14. The minimum atomic E-state index is -3.74. The molecule has 1 aromatic carbocycles. The highest BCUT2D eigenvalue weighted by Gasteiger charge is 2.24. The van der Waals surface area contributed by atoms with Crippen LogP contribution in [0.15, 0.2) is 17.0 Å². The average molecular weight is 327 g/mol. The van der Waals surface area contributed by atoms with Gasteiger partial charge in [0.2, 0.25) is 0 Å². The third-order valence-corrected chi connectivity index (χ3v) is 4.94. The van der Waals surface area contributed by atoms with Crippen molar-refractivity contribution >= 4 is 27.9 Å². The molecule has 0 bridgehead atoms. The molecule has 1 aliphatic rings. The van der Waals surface area contributed by atoms with E-state index in [9.17, 15) is 17.2 Å². The Labute approximate surface area is 123 Å². The molecular weight excluding hydrogens is 310 g/mol. The molecule has 0 radical (unpaired) electrons. The highest BCUT2D eigenvalue weighted by Crippen LogP contribution is 2.27. The number of hydrogen-bond donors (Lipinski definition) is 1. The van der Waals surface area contributed by atoms with Crippen LogP contribution in [0, 0.1) is 11.6 Å². The maximum absolute atomic E-state index is 14.0. The minimum Gasteiger partial charge on any atom is -0.367 e. The normalized spacial score (nSPS) is 15.8. The van der Waals surface area contributed by atoms with Crippen LogP contribution in [0.4, 0.5) is 14.5 Å². The molecule has 0 atom stereocenters. The molecular formula is C12H17ClF2N2O2S. The summed E-state index contributed by atoms with van der Waals surface area (Å²) in [6.45, 7) is 3.91. The van der Waals surface area contributed by atoms with Gasteiger partial charge >= 0.3 is 0 Å². The van der Waals surface area contributed by atoms with Crippen molar-refractivity contribution in [3.05, 3.63) is 23.8 Å². The van der Waals surface area contributed by atoms with Crippen LogP contribution in [0.1, 0.15) is 6.92 Å². The summed E-state index contributed by atoms with van der Waals surface area (Å²) in [7, 11) is -3.74. The summed E-state index contributed by atoms with van der Waals surface area (Å²) in [6.07, 6.45) is 0. The quantitative estimate of drug-likeness (QED) is 0.916. The summed E-state index contributed by atoms with van der Waals surface area (Å²) in [5.41, 5.74) is 0.119. The van der Waals surface area contributed by atoms with Gasteiger partial charge in [0.25, 0.3) is 0 Å². The Balaban J connectivity index is 0.00000200. The smallest absolute Gasteiger partial charge is 0.183 e. The molecule has 0 unspecified atom stereocenters. The van der Waals surface area contributed by atoms with Gasteiger partial charge in [-0.05, 0) is 12.1 Å². The van der Waals surface area contributed by atoms with Crippen molar-refractivity contribution < 1.29 is 17.2 Å². The first kappa shape index (κ1) is 17.1. The molecule has 0 aromatic heterocycles. The number of nitrogens with one attached hydrogen (secondary N) is 1. The van der Waals surface area contributed by atoms with Crippen molar-refractivity contribution in [1.82, 2.24) is 5.32 Å². The molecule has 0 saturated carbocycles. The van der Waals surface area contributed by atoms with Crippen LogP contribution < -0.4 is 10.2 Å². The Bertz CT molecular complexity index is 575. The fourth-order valence-corrected chi connectivity index (χ4v) is 3.02. The van der Waals surface area contributed by atoms with E-state index < -0.39 is 26.4 Å². The van der Waals surface area contributed by atoms with E-state index in [4.69, 9.17) is 0 Å². The predicted octanol–water partition coefficient (Wildman–Crippen LogP) is 1.59. The first-order chi connectivity index (χ1) is 8.97. The molecule has 114 valence electrons. The first-order valence-corrected chi connectivity index (χ1v) is 7.79. The molecule has 0 spiro atoms. The second kappa shape index (κ2) is 6.69. The average Bonchev–Trinajstić information content (AvgIpc) is 2.42. The number of benzene rings is 1. The van der Waals surface area contributed by atoms with Crippen LogP contribution >= 0.6 is 12.4 Å². The molecule has 0 aliphatic carbocycles. The molecule has 2 rings (SSSR count). The lowest BCUT2D eigenvalue weighted by molar-refractivity contribution is 0.479. The van der Waals surface area contributed by atoms with E-state index in [1.165, 1.54) is 13.0 Å². The summed E-state index contributed by atoms with van der Waals surface area (Å²) in [6, 6.07) is 2.49. The van der Waals surface area contributed by atoms with E-state index in [2.05, 4.69) is 5.32 Å². The SMILES string of the molecule is CCS(=O)(=O)c1ccc(N2CCNCC2)c(F)c1F.Cl. The molecule has 1 saturated heterocycles. The number of halogens is 3. The summed E-state index contributed by atoms with van der Waals surface area (Å²) < 4.78 is 51.2. The van der Waals surface area contributed by atoms with Crippen molar-refractivity contribution in [3.63, 3.8) is 0 Å². The largest absolute Gasteiger partial charge is 0.367 e. The third kappa shape index (κ3) is 3.21. The van der Waals surface area contributed by atoms with Gasteiger partial charge < -0.3 is 10.2 Å². The lowest BCUT2D eigenvalue weighted by atomic mass is 10.2. The molecule has 1 fully saturated rings. The number of sulfone groups is 1. The van der Waals surface area contributed by atoms with Gasteiger partial charge in [0.05, 0.1) is 11.4 Å². The van der Waals surface area contributed by atoms with Crippen LogP contribution in [-0.2, 0) is 9.84 Å². The minimum absolute atomic E-state index is 0. The fourth-order valence-electron chi connectivity index (χ4n) is 2.07. The van der Waals surface area contributed by atoms with Crippen LogP contribution in [0.3, 0.4) is 0 Å². The summed E-state index contributed by atoms with van der Waals surface area (Å²) in [5.74, 6) is -2.62. The number of nitrogens with zero attached hydrogens (tertiary/aromatic N) is 1. The number of rotatable bonds is 3. The lowest BCUT2D eigenvalue weighted by Gasteiger charge is -2.29. The van der Waals surface area contributed by atoms with Crippen molar-refractivity contribution in [2.24, 2.45) is 0 Å². The fraction of sp³-hybridized carbons (Fsp3) is 0.500. The van der Waals surface area contributed by atoms with Gasteiger partial charge in [-0.2, -0.15) is 0 Å². The van der Waals surface area contributed by atoms with E-state index in [1.807, 2.05) is 0 Å². The Morgan fingerprint density at radius 1 is 1.20 bits per heavy atom. The van der Waals surface area contributed by atoms with Crippen molar-refractivity contribution in [2.75, 3.05) is 36.8 Å². The number of piperazine rings is 1. The van der Waals surface area contributed by atoms with Crippen molar-refractivity contribution in [3.8, 4) is 0 Å². The molecule has 1 heterocycles. The van der Waals surface area contributed by atoms with E-state index >= 15 is 0 Å². The second-order valence-electron chi connectivity index (χ2n) is 4.35. The molecule has 1 N–H and O–H groups in total. The molecule has 1 aliphatic heterocycles. The van der Waals surface area contributed by atoms with Crippen LogP contribution in [0.5, 0.6) is 0 Å². The molecule has 4 nitrogen and oxygen atoms in total. The topological polar surface area (TPSA) is 49.4 Å². The Kier molecular flexibility index (Phi) is 5.73. The Hall–Kier alpha value is -0.920. The number of hydrogen-bond acceptors (Lipinski definition) is 4. The molecule has 8 heteroatoms. The Morgan fingerprint density at radius 3 is 2.35 bits per heavy atom. The van der Waals surface area contributed by atoms with Gasteiger partial charge in [0.15, 0.2) is 21.5 Å². The van der Waals surface area contributed by atoms with Gasteiger partial charge in [0.1, 0.15) is 4.90 Å². The van der Waals surface area contributed by atoms with E-state index in [-0.39, 0.29) is 23.8 Å². The second-order valence-corrected chi connectivity index (χ2v) is 6.60. The van der Waals surface area contributed by atoms with Crippen molar-refractivity contribution in [1.29, 1.82) is 0 Å². The summed E-state index contributed by atoms with van der Waals surface area (Å²) in [4.78, 5) is 1.14. The zero-order valence-electron chi connectivity index (χ0n) is 11.0. The lowest BCUT2D eigenvalue weighted by Crippen LogP contribution is -2.44. The maximum atomic E-state index is 14.0. The number of anilines is 1. The monoisotopic (exact) mass is 326 g/mol. The van der Waals surface area contributed by atoms with Crippen LogP contribution in [0.25, 0.3) is 0 Å². The molecule has 0 amide bonds. The van der Waals surface area contributed by atoms with E-state index in [1.54, 1.807) is 4.90 Å². The zero-order valence-corrected chi connectivity index (χ0v) is 12.7. The maximum Gasteiger partial charge on any atom is 0.183 e. The van der Waals surface area contributed by atoms with E-state index in [0.29, 0.717) is 26.2 Å². The highest BCUT2D eigenvalue weighted by atomic mass is 35.5. The molecule has 1 aromatic rings. The van der Waals surface area contributed by atoms with E-state index in [0.717, 1.165) is 6.07 Å². The molecule has 20 heavy (non-hydrogen) atoms. The third-order valence-electron chi connectivity index (χ3n) is 3.20.